The number of hydrogen-bond acceptors (Lipinski definition) is 15. The van der Waals surface area contributed by atoms with E-state index in [-0.39, 0.29) is 25.7 Å². The fourth-order valence-corrected chi connectivity index (χ4v) is 12.0. The third kappa shape index (κ3) is 76.9. The minimum absolute atomic E-state index is 0.0295. The number of carbonyl (C=O) groups excluding carboxylic acids is 4. The Bertz CT molecular complexity index is 2630. The van der Waals surface area contributed by atoms with Crippen LogP contribution in [0.4, 0.5) is 0 Å². The number of carbonyl (C=O) groups is 4. The maximum Gasteiger partial charge on any atom is 0.472 e. The Hall–Kier alpha value is -5.32. The number of rotatable bonds is 75. The standard InChI is InChI=1S/C87H144O17P2/c1-5-9-13-17-21-25-29-33-36-38-40-42-45-48-51-55-59-63-67-71-84(89)97-77-82(103-86(91)73-69-65-61-57-53-47-32-28-24-20-16-12-8-4)79-101-105(93,94)99-75-81(88)76-100-106(95,96)102-80-83(104-87(92)74-70-66-62-58-54-50-44-35-31-27-23-19-15-11-7-3)78-98-85(90)72-68-64-60-56-52-49-46-43-41-39-37-34-30-26-22-18-14-10-6-2/h9-10,13-14,21-22,25-26,28,32-34,36-37,40-43,48-49,51-52,59-60,63-64,81-83,88H,5-8,11-12,15-20,23-24,27,29-31,35,38-39,44-47,50,53-58,61-62,65-80H2,1-4H3,(H,93,94)(H,95,96)/b13-9-,14-10-,25-21-,26-22-,32-28-,36-33-,37-34-,42-40-,43-41-,51-48-,52-49-,63-59-,64-60-/t81-,82-,83-/m1/s1. The number of ether oxygens (including phenoxy) is 4. The molecule has 0 rings (SSSR count). The van der Waals surface area contributed by atoms with E-state index in [1.165, 1.54) is 89.9 Å². The average Bonchev–Trinajstić information content (AvgIpc) is 0.901. The lowest BCUT2D eigenvalue weighted by atomic mass is 10.0. The molecule has 0 saturated carbocycles. The van der Waals surface area contributed by atoms with Crippen LogP contribution in [0, 0.1) is 0 Å². The van der Waals surface area contributed by atoms with Crippen LogP contribution in [0.2, 0.25) is 0 Å². The van der Waals surface area contributed by atoms with E-state index in [1.807, 2.05) is 36.5 Å². The molecule has 0 aromatic heterocycles. The van der Waals surface area contributed by atoms with Gasteiger partial charge in [0.05, 0.1) is 26.4 Å². The molecule has 0 aliphatic rings. The summed E-state index contributed by atoms with van der Waals surface area (Å²) in [5.74, 6) is -2.38. The van der Waals surface area contributed by atoms with E-state index in [9.17, 15) is 43.2 Å². The van der Waals surface area contributed by atoms with E-state index >= 15 is 0 Å². The molecule has 0 aliphatic heterocycles. The maximum absolute atomic E-state index is 13.1. The van der Waals surface area contributed by atoms with Crippen molar-refractivity contribution in [2.24, 2.45) is 0 Å². The fraction of sp³-hybridized carbons (Fsp3) is 0.655. The summed E-state index contributed by atoms with van der Waals surface area (Å²) < 4.78 is 68.5. The Morgan fingerprint density at radius 1 is 0.274 bits per heavy atom. The van der Waals surface area contributed by atoms with Crippen molar-refractivity contribution < 1.29 is 80.2 Å². The molecule has 19 heteroatoms. The second-order valence-corrected chi connectivity index (χ2v) is 29.5. The summed E-state index contributed by atoms with van der Waals surface area (Å²) >= 11 is 0. The third-order valence-electron chi connectivity index (χ3n) is 16.5. The molecule has 5 atom stereocenters. The average molecular weight is 1520 g/mol. The zero-order valence-electron chi connectivity index (χ0n) is 66.1. The minimum Gasteiger partial charge on any atom is -0.462 e. The van der Waals surface area contributed by atoms with Gasteiger partial charge in [-0.2, -0.15) is 0 Å². The normalized spacial score (nSPS) is 14.7. The third-order valence-corrected chi connectivity index (χ3v) is 18.4. The van der Waals surface area contributed by atoms with Crippen LogP contribution in [0.5, 0.6) is 0 Å². The lowest BCUT2D eigenvalue weighted by Gasteiger charge is -2.21. The molecule has 106 heavy (non-hydrogen) atoms. The quantitative estimate of drug-likeness (QED) is 0.0169. The first-order chi connectivity index (χ1) is 51.7. The highest BCUT2D eigenvalue weighted by Crippen LogP contribution is 2.45. The second kappa shape index (κ2) is 77.8. The van der Waals surface area contributed by atoms with Crippen molar-refractivity contribution in [1.82, 2.24) is 0 Å². The predicted octanol–water partition coefficient (Wildman–Crippen LogP) is 24.0. The number of unbranched alkanes of at least 4 members (excludes halogenated alkanes) is 23. The molecule has 0 spiro atoms. The molecule has 0 aromatic carbocycles. The van der Waals surface area contributed by atoms with Crippen molar-refractivity contribution in [2.45, 2.75) is 329 Å². The molecule has 3 N–H and O–H groups in total. The summed E-state index contributed by atoms with van der Waals surface area (Å²) in [6, 6.07) is 0. The monoisotopic (exact) mass is 1520 g/mol. The Kier molecular flexibility index (Phi) is 73.9. The van der Waals surface area contributed by atoms with Crippen LogP contribution in [0.15, 0.2) is 158 Å². The molecule has 0 heterocycles. The number of esters is 4. The molecule has 0 fully saturated rings. The molecule has 0 amide bonds. The first-order valence-corrected chi connectivity index (χ1v) is 43.7. The van der Waals surface area contributed by atoms with Gasteiger partial charge >= 0.3 is 39.5 Å². The topological polar surface area (TPSA) is 237 Å². The molecule has 0 aromatic rings. The first-order valence-electron chi connectivity index (χ1n) is 40.7. The highest BCUT2D eigenvalue weighted by molar-refractivity contribution is 7.47. The highest BCUT2D eigenvalue weighted by Gasteiger charge is 2.30. The van der Waals surface area contributed by atoms with Gasteiger partial charge in [0.15, 0.2) is 12.2 Å². The molecule has 0 saturated heterocycles. The molecular weight excluding hydrogens is 1380 g/mol. The van der Waals surface area contributed by atoms with Crippen molar-refractivity contribution in [1.29, 1.82) is 0 Å². The van der Waals surface area contributed by atoms with Gasteiger partial charge in [0.1, 0.15) is 19.3 Å². The summed E-state index contributed by atoms with van der Waals surface area (Å²) in [4.78, 5) is 73.0. The first kappa shape index (κ1) is 101. The highest BCUT2D eigenvalue weighted by atomic mass is 31.2. The van der Waals surface area contributed by atoms with E-state index in [2.05, 4.69) is 149 Å². The molecule has 2 unspecified atom stereocenters. The smallest absolute Gasteiger partial charge is 0.462 e. The van der Waals surface area contributed by atoms with Gasteiger partial charge in [-0.1, -0.05) is 314 Å². The summed E-state index contributed by atoms with van der Waals surface area (Å²) in [7, 11) is -10.0. The van der Waals surface area contributed by atoms with Gasteiger partial charge in [-0.15, -0.1) is 0 Å². The van der Waals surface area contributed by atoms with Gasteiger partial charge in [-0.3, -0.25) is 37.3 Å². The SMILES string of the molecule is CC/C=C\C/C=C\C/C=C\C/C=C\C/C=C\C/C=C\CCC(=O)OC[C@H](COP(=O)(O)OC[C@@H](O)COP(=O)(O)OC[C@@H](COC(=O)CC/C=C\C/C=C\C/C=C\C/C=C\C/C=C\C/C=C\CC)OC(=O)CCCCCCCCCCCCCCCCC)OC(=O)CCCCCCC/C=C\CCCCCC. The number of phosphoric acid groups is 2. The van der Waals surface area contributed by atoms with Crippen LogP contribution in [0.1, 0.15) is 310 Å². The van der Waals surface area contributed by atoms with Gasteiger partial charge in [-0.05, 0) is 128 Å². The van der Waals surface area contributed by atoms with Crippen molar-refractivity contribution in [2.75, 3.05) is 39.6 Å². The Morgan fingerprint density at radius 2 is 0.509 bits per heavy atom. The van der Waals surface area contributed by atoms with Crippen LogP contribution in [0.3, 0.4) is 0 Å². The molecule has 0 aliphatic carbocycles. The van der Waals surface area contributed by atoms with Crippen LogP contribution >= 0.6 is 15.6 Å². The molecule has 0 radical (unpaired) electrons. The van der Waals surface area contributed by atoms with Crippen LogP contribution in [-0.4, -0.2) is 96.7 Å². The second-order valence-electron chi connectivity index (χ2n) is 26.6. The molecule has 17 nitrogen and oxygen atoms in total. The van der Waals surface area contributed by atoms with Gasteiger partial charge in [0.25, 0.3) is 0 Å². The summed E-state index contributed by atoms with van der Waals surface area (Å²) in [6.07, 6.45) is 91.1. The number of hydrogen-bond donors (Lipinski definition) is 3. The van der Waals surface area contributed by atoms with Crippen molar-refractivity contribution >= 4 is 39.5 Å². The van der Waals surface area contributed by atoms with Crippen LogP contribution in [-0.2, 0) is 65.4 Å². The number of allylic oxidation sites excluding steroid dienone is 26. The number of aliphatic hydroxyl groups is 1. The van der Waals surface area contributed by atoms with Crippen molar-refractivity contribution in [3.63, 3.8) is 0 Å². The van der Waals surface area contributed by atoms with E-state index in [0.29, 0.717) is 38.5 Å². The lowest BCUT2D eigenvalue weighted by Crippen LogP contribution is -2.30. The molecule has 0 bridgehead atoms. The van der Waals surface area contributed by atoms with Gasteiger partial charge < -0.3 is 33.8 Å². The lowest BCUT2D eigenvalue weighted by molar-refractivity contribution is -0.161. The van der Waals surface area contributed by atoms with Gasteiger partial charge in [0.2, 0.25) is 0 Å². The largest absolute Gasteiger partial charge is 0.472 e. The molecular formula is C87H144O17P2. The summed E-state index contributed by atoms with van der Waals surface area (Å²) in [5.41, 5.74) is 0. The van der Waals surface area contributed by atoms with Gasteiger partial charge in [-0.25, -0.2) is 9.13 Å². The zero-order chi connectivity index (χ0) is 77.4. The number of aliphatic hydroxyl groups excluding tert-OH is 1. The van der Waals surface area contributed by atoms with E-state index < -0.39 is 97.5 Å². The van der Waals surface area contributed by atoms with Crippen LogP contribution < -0.4 is 0 Å². The van der Waals surface area contributed by atoms with E-state index in [0.717, 1.165) is 128 Å². The summed E-state index contributed by atoms with van der Waals surface area (Å²) in [5, 5.41) is 10.6. The zero-order valence-corrected chi connectivity index (χ0v) is 67.8. The van der Waals surface area contributed by atoms with E-state index in [4.69, 9.17) is 37.0 Å². The Balaban J connectivity index is 5.48. The van der Waals surface area contributed by atoms with E-state index in [1.54, 1.807) is 0 Å². The Morgan fingerprint density at radius 3 is 0.802 bits per heavy atom. The molecule has 604 valence electrons. The van der Waals surface area contributed by atoms with Crippen molar-refractivity contribution in [3.8, 4) is 0 Å². The maximum atomic E-state index is 13.1. The summed E-state index contributed by atoms with van der Waals surface area (Å²) in [6.45, 7) is 4.46. The minimum atomic E-state index is -5.00. The van der Waals surface area contributed by atoms with Crippen LogP contribution in [0.25, 0.3) is 0 Å². The fourth-order valence-electron chi connectivity index (χ4n) is 10.4. The Labute approximate surface area is 642 Å². The van der Waals surface area contributed by atoms with Crippen molar-refractivity contribution in [3.05, 3.63) is 158 Å². The van der Waals surface area contributed by atoms with Gasteiger partial charge in [0, 0.05) is 25.7 Å². The number of phosphoric ester groups is 2. The predicted molar refractivity (Wildman–Crippen MR) is 436 cm³/mol.